The number of nitrogens with one attached hydrogen (secondary N) is 1. The number of carbonyl (C=O) groups is 2. The molecule has 0 radical (unpaired) electrons. The van der Waals surface area contributed by atoms with Gasteiger partial charge in [0.2, 0.25) is 11.8 Å². The second-order valence-corrected chi connectivity index (χ2v) is 7.53. The van der Waals surface area contributed by atoms with Crippen LogP contribution >= 0.6 is 0 Å². The third kappa shape index (κ3) is 4.22. The van der Waals surface area contributed by atoms with Crippen molar-refractivity contribution >= 4 is 23.3 Å². The first kappa shape index (κ1) is 19.8. The molecule has 0 aliphatic carbocycles. The Hall–Kier alpha value is -3.55. The molecule has 4 rings (SSSR count). The molecule has 0 saturated heterocycles. The van der Waals surface area contributed by atoms with Crippen molar-refractivity contribution in [3.63, 3.8) is 0 Å². The highest BCUT2D eigenvalue weighted by Crippen LogP contribution is 2.24. The normalized spacial score (nSPS) is 14.1. The average Bonchev–Trinajstić information content (AvgIpc) is 3.15. The fourth-order valence-corrected chi connectivity index (χ4v) is 3.54. The van der Waals surface area contributed by atoms with E-state index in [1.165, 1.54) is 0 Å². The molecule has 1 N–H and O–H groups in total. The topological polar surface area (TPSA) is 93.0 Å². The van der Waals surface area contributed by atoms with Gasteiger partial charge < -0.3 is 5.32 Å². The lowest BCUT2D eigenvalue weighted by Gasteiger charge is -2.28. The summed E-state index contributed by atoms with van der Waals surface area (Å²) in [6, 6.07) is 9.32. The molecule has 4 heterocycles. The highest BCUT2D eigenvalue weighted by molar-refractivity contribution is 5.99. The Morgan fingerprint density at radius 2 is 2.07 bits per heavy atom. The van der Waals surface area contributed by atoms with Gasteiger partial charge in [0.05, 0.1) is 23.3 Å². The number of aryl methyl sites for hydroxylation is 2. The van der Waals surface area contributed by atoms with Crippen LogP contribution in [0.15, 0.2) is 48.9 Å². The van der Waals surface area contributed by atoms with E-state index in [1.807, 2.05) is 35.9 Å². The maximum absolute atomic E-state index is 12.8. The smallest absolute Gasteiger partial charge is 0.228 e. The number of fused-ring (bicyclic) bond motifs is 1. The fourth-order valence-electron chi connectivity index (χ4n) is 3.54. The Kier molecular flexibility index (Phi) is 5.56. The minimum Gasteiger partial charge on any atom is -0.324 e. The van der Waals surface area contributed by atoms with Crippen LogP contribution in [0.5, 0.6) is 0 Å². The molecule has 0 bridgehead atoms. The molecule has 1 unspecified atom stereocenters. The molecule has 3 aromatic rings. The Balaban J connectivity index is 1.37. The second kappa shape index (κ2) is 8.44. The summed E-state index contributed by atoms with van der Waals surface area (Å²) in [5, 5.41) is 7.26. The monoisotopic (exact) mass is 404 g/mol. The summed E-state index contributed by atoms with van der Waals surface area (Å²) in [6.07, 6.45) is 6.05. The van der Waals surface area contributed by atoms with Gasteiger partial charge in [0.15, 0.2) is 0 Å². The third-order valence-electron chi connectivity index (χ3n) is 5.13. The first-order chi connectivity index (χ1) is 14.5. The maximum Gasteiger partial charge on any atom is 0.228 e. The molecular weight excluding hydrogens is 380 g/mol. The zero-order valence-corrected chi connectivity index (χ0v) is 17.1. The quantitative estimate of drug-likeness (QED) is 0.705. The second-order valence-electron chi connectivity index (χ2n) is 7.53. The van der Waals surface area contributed by atoms with Crippen molar-refractivity contribution in [2.75, 3.05) is 16.8 Å². The van der Waals surface area contributed by atoms with Crippen LogP contribution in [0, 0.1) is 12.8 Å². The lowest BCUT2D eigenvalue weighted by molar-refractivity contribution is -0.125. The van der Waals surface area contributed by atoms with Gasteiger partial charge in [-0.15, -0.1) is 0 Å². The van der Waals surface area contributed by atoms with E-state index in [1.54, 1.807) is 36.5 Å². The van der Waals surface area contributed by atoms with Crippen LogP contribution in [0.25, 0.3) is 11.3 Å². The van der Waals surface area contributed by atoms with E-state index < -0.39 is 5.92 Å². The van der Waals surface area contributed by atoms with E-state index >= 15 is 0 Å². The Morgan fingerprint density at radius 3 is 2.80 bits per heavy atom. The molecule has 3 aromatic heterocycles. The summed E-state index contributed by atoms with van der Waals surface area (Å²) >= 11 is 0. The van der Waals surface area contributed by atoms with Crippen molar-refractivity contribution in [3.05, 3.63) is 54.6 Å². The molecule has 0 fully saturated rings. The summed E-state index contributed by atoms with van der Waals surface area (Å²) in [5.41, 5.74) is 3.17. The van der Waals surface area contributed by atoms with Crippen LogP contribution in [-0.2, 0) is 16.1 Å². The zero-order chi connectivity index (χ0) is 21.1. The summed E-state index contributed by atoms with van der Waals surface area (Å²) < 4.78 is 1.86. The molecule has 1 aliphatic heterocycles. The number of carbonyl (C=O) groups excluding carboxylic acids is 2. The van der Waals surface area contributed by atoms with Gasteiger partial charge >= 0.3 is 0 Å². The number of pyridine rings is 2. The molecule has 0 aromatic carbocycles. The number of amides is 2. The van der Waals surface area contributed by atoms with Crippen LogP contribution in [0.4, 0.5) is 11.5 Å². The lowest BCUT2D eigenvalue weighted by Crippen LogP contribution is -2.39. The largest absolute Gasteiger partial charge is 0.324 e. The van der Waals surface area contributed by atoms with Gasteiger partial charge in [-0.05, 0) is 37.6 Å². The van der Waals surface area contributed by atoms with Crippen LogP contribution in [0.1, 0.15) is 25.5 Å². The van der Waals surface area contributed by atoms with Crippen LogP contribution in [0.2, 0.25) is 0 Å². The van der Waals surface area contributed by atoms with E-state index in [9.17, 15) is 9.59 Å². The van der Waals surface area contributed by atoms with Crippen LogP contribution in [0.3, 0.4) is 0 Å². The minimum atomic E-state index is -0.463. The minimum absolute atomic E-state index is 0.0662. The van der Waals surface area contributed by atoms with Gasteiger partial charge in [0.1, 0.15) is 5.82 Å². The fraction of sp³-hybridized carbons (Fsp3) is 0.318. The Morgan fingerprint density at radius 1 is 1.20 bits per heavy atom. The highest BCUT2D eigenvalue weighted by atomic mass is 16.2. The molecule has 8 nitrogen and oxygen atoms in total. The predicted molar refractivity (Wildman–Crippen MR) is 114 cm³/mol. The average molecular weight is 404 g/mol. The molecule has 1 aliphatic rings. The van der Waals surface area contributed by atoms with E-state index in [4.69, 9.17) is 0 Å². The SMILES string of the molecule is Cc1cc2n(n1)CCCN2C(=O)CC(C)C(=O)Nc1ccc(-c2cccnc2)nc1. The number of hydrogen-bond acceptors (Lipinski definition) is 5. The van der Waals surface area contributed by atoms with Crippen molar-refractivity contribution in [2.24, 2.45) is 5.92 Å². The predicted octanol–water partition coefficient (Wildman–Crippen LogP) is 3.05. The van der Waals surface area contributed by atoms with Gasteiger partial charge in [-0.25, -0.2) is 4.68 Å². The van der Waals surface area contributed by atoms with Crippen molar-refractivity contribution in [1.82, 2.24) is 19.7 Å². The molecule has 154 valence electrons. The standard InChI is InChI=1S/C22H24N6O2/c1-15(11-21(29)27-9-4-10-28-20(27)12-16(2)26-28)22(30)25-18-6-7-19(24-14-18)17-5-3-8-23-13-17/h3,5-8,12-15H,4,9-11H2,1-2H3,(H,25,30). The summed E-state index contributed by atoms with van der Waals surface area (Å²) in [5.74, 6) is 0.0750. The van der Waals surface area contributed by atoms with Crippen molar-refractivity contribution in [3.8, 4) is 11.3 Å². The number of aromatic nitrogens is 4. The zero-order valence-electron chi connectivity index (χ0n) is 17.1. The molecule has 8 heteroatoms. The number of nitrogens with zero attached hydrogens (tertiary/aromatic N) is 5. The lowest BCUT2D eigenvalue weighted by atomic mass is 10.1. The molecule has 1 atom stereocenters. The van der Waals surface area contributed by atoms with Gasteiger partial charge in [-0.1, -0.05) is 6.92 Å². The molecular formula is C22H24N6O2. The van der Waals surface area contributed by atoms with E-state index in [0.717, 1.165) is 35.7 Å². The van der Waals surface area contributed by atoms with Gasteiger partial charge in [0.25, 0.3) is 0 Å². The van der Waals surface area contributed by atoms with Crippen molar-refractivity contribution in [2.45, 2.75) is 33.2 Å². The summed E-state index contributed by atoms with van der Waals surface area (Å²) in [6.45, 7) is 5.14. The van der Waals surface area contributed by atoms with E-state index in [2.05, 4.69) is 20.4 Å². The van der Waals surface area contributed by atoms with E-state index in [0.29, 0.717) is 12.2 Å². The van der Waals surface area contributed by atoms with Gasteiger partial charge in [-0.2, -0.15) is 5.10 Å². The van der Waals surface area contributed by atoms with Crippen molar-refractivity contribution in [1.29, 1.82) is 0 Å². The highest BCUT2D eigenvalue weighted by Gasteiger charge is 2.27. The molecule has 30 heavy (non-hydrogen) atoms. The van der Waals surface area contributed by atoms with Crippen LogP contribution < -0.4 is 10.2 Å². The molecule has 2 amide bonds. The summed E-state index contributed by atoms with van der Waals surface area (Å²) in [7, 11) is 0. The number of rotatable bonds is 5. The number of anilines is 2. The van der Waals surface area contributed by atoms with E-state index in [-0.39, 0.29) is 18.2 Å². The van der Waals surface area contributed by atoms with Gasteiger partial charge in [-0.3, -0.25) is 24.5 Å². The Labute approximate surface area is 175 Å². The first-order valence-corrected chi connectivity index (χ1v) is 10.0. The van der Waals surface area contributed by atoms with Gasteiger partial charge in [0, 0.05) is 49.5 Å². The van der Waals surface area contributed by atoms with Crippen LogP contribution in [-0.4, -0.2) is 38.1 Å². The maximum atomic E-state index is 12.8. The van der Waals surface area contributed by atoms with Crippen molar-refractivity contribution < 1.29 is 9.59 Å². The molecule has 0 spiro atoms. The Bertz CT molecular complexity index is 1050. The third-order valence-corrected chi connectivity index (χ3v) is 5.13. The first-order valence-electron chi connectivity index (χ1n) is 10.0. The number of hydrogen-bond donors (Lipinski definition) is 1. The summed E-state index contributed by atoms with van der Waals surface area (Å²) in [4.78, 5) is 35.6. The molecule has 0 saturated carbocycles.